The number of likely N-dealkylation sites (N-methyl/N-ethyl adjacent to an activating group) is 1. The fraction of sp³-hybridized carbons (Fsp3) is 0.310. The number of halogens is 1. The van der Waals surface area contributed by atoms with Crippen LogP contribution in [0.1, 0.15) is 30.0 Å². The van der Waals surface area contributed by atoms with E-state index in [-0.39, 0.29) is 33.8 Å². The second-order valence-corrected chi connectivity index (χ2v) is 11.5. The Balaban J connectivity index is 2.12. The Kier molecular flexibility index (Phi) is 9.99. The highest BCUT2D eigenvalue weighted by Gasteiger charge is 2.34. The first-order valence-corrected chi connectivity index (χ1v) is 14.3. The lowest BCUT2D eigenvalue weighted by molar-refractivity contribution is -0.140. The van der Waals surface area contributed by atoms with E-state index in [0.717, 1.165) is 21.0 Å². The summed E-state index contributed by atoms with van der Waals surface area (Å²) >= 11 is 6.26. The number of nitrogens with zero attached hydrogens (tertiary/aromatic N) is 2. The Bertz CT molecular complexity index is 1410. The number of aryl methyl sites for hydroxylation is 2. The molecule has 0 spiro atoms. The molecule has 0 unspecified atom stereocenters. The molecule has 0 aromatic heterocycles. The number of hydrogen-bond acceptors (Lipinski definition) is 5. The van der Waals surface area contributed by atoms with E-state index >= 15 is 0 Å². The van der Waals surface area contributed by atoms with Crippen LogP contribution in [0.5, 0.6) is 5.75 Å². The third-order valence-electron chi connectivity index (χ3n) is 6.40. The summed E-state index contributed by atoms with van der Waals surface area (Å²) in [5.74, 6) is -0.665. The maximum absolute atomic E-state index is 14.0. The molecule has 208 valence electrons. The molecular formula is C29H34ClN3O5S. The molecule has 3 rings (SSSR count). The number of anilines is 1. The average Bonchev–Trinajstić information content (AvgIpc) is 2.92. The van der Waals surface area contributed by atoms with Gasteiger partial charge in [0.15, 0.2) is 0 Å². The lowest BCUT2D eigenvalue weighted by Crippen LogP contribution is -2.51. The first-order chi connectivity index (χ1) is 18.5. The summed E-state index contributed by atoms with van der Waals surface area (Å²) in [6.45, 7) is 5.15. The third-order valence-corrected chi connectivity index (χ3v) is 8.41. The predicted molar refractivity (Wildman–Crippen MR) is 154 cm³/mol. The topological polar surface area (TPSA) is 96.0 Å². The van der Waals surface area contributed by atoms with Gasteiger partial charge in [0.1, 0.15) is 18.3 Å². The monoisotopic (exact) mass is 571 g/mol. The van der Waals surface area contributed by atoms with Crippen molar-refractivity contribution in [3.8, 4) is 5.75 Å². The Labute approximate surface area is 235 Å². The number of amides is 2. The van der Waals surface area contributed by atoms with E-state index in [1.165, 1.54) is 37.3 Å². The number of hydrogen-bond donors (Lipinski definition) is 1. The van der Waals surface area contributed by atoms with Crippen LogP contribution >= 0.6 is 11.6 Å². The Morgan fingerprint density at radius 1 is 0.974 bits per heavy atom. The van der Waals surface area contributed by atoms with Gasteiger partial charge in [-0.1, -0.05) is 66.0 Å². The molecule has 2 amide bonds. The van der Waals surface area contributed by atoms with E-state index in [0.29, 0.717) is 6.42 Å². The highest BCUT2D eigenvalue weighted by atomic mass is 35.5. The summed E-state index contributed by atoms with van der Waals surface area (Å²) in [6.07, 6.45) is 0.336. The van der Waals surface area contributed by atoms with Gasteiger partial charge in [-0.2, -0.15) is 0 Å². The number of nitrogens with one attached hydrogen (secondary N) is 1. The second-order valence-electron chi connectivity index (χ2n) is 9.19. The number of benzene rings is 3. The normalized spacial score (nSPS) is 11.9. The van der Waals surface area contributed by atoms with Crippen molar-refractivity contribution >= 4 is 39.1 Å². The highest BCUT2D eigenvalue weighted by Crippen LogP contribution is 2.35. The van der Waals surface area contributed by atoms with Gasteiger partial charge in [0.25, 0.3) is 10.0 Å². The van der Waals surface area contributed by atoms with Crippen LogP contribution in [0.4, 0.5) is 5.69 Å². The molecule has 0 saturated carbocycles. The van der Waals surface area contributed by atoms with Gasteiger partial charge in [-0.05, 0) is 56.2 Å². The van der Waals surface area contributed by atoms with E-state index in [1.54, 1.807) is 31.2 Å². The molecule has 1 atom stereocenters. The molecule has 0 radical (unpaired) electrons. The van der Waals surface area contributed by atoms with Crippen molar-refractivity contribution in [1.29, 1.82) is 0 Å². The largest absolute Gasteiger partial charge is 0.495 e. The maximum atomic E-state index is 14.0. The summed E-state index contributed by atoms with van der Waals surface area (Å²) in [4.78, 5) is 28.2. The number of carbonyl (C=O) groups excluding carboxylic acids is 2. The summed E-state index contributed by atoms with van der Waals surface area (Å²) < 4.78 is 34.4. The van der Waals surface area contributed by atoms with Crippen molar-refractivity contribution < 1.29 is 22.7 Å². The minimum absolute atomic E-state index is 0.00589. The van der Waals surface area contributed by atoms with Gasteiger partial charge in [-0.15, -0.1) is 0 Å². The van der Waals surface area contributed by atoms with Crippen LogP contribution in [-0.4, -0.2) is 51.9 Å². The van der Waals surface area contributed by atoms with Crippen LogP contribution in [-0.2, 0) is 26.2 Å². The van der Waals surface area contributed by atoms with Crippen molar-refractivity contribution in [2.75, 3.05) is 25.0 Å². The predicted octanol–water partition coefficient (Wildman–Crippen LogP) is 4.71. The molecule has 0 fully saturated rings. The zero-order chi connectivity index (χ0) is 28.7. The number of ether oxygens (including phenoxy) is 1. The molecule has 0 aliphatic carbocycles. The fourth-order valence-corrected chi connectivity index (χ4v) is 5.77. The second kappa shape index (κ2) is 13.0. The lowest BCUT2D eigenvalue weighted by atomic mass is 10.1. The van der Waals surface area contributed by atoms with Crippen LogP contribution in [0.3, 0.4) is 0 Å². The van der Waals surface area contributed by atoms with Crippen LogP contribution in [0.25, 0.3) is 0 Å². The molecule has 3 aromatic rings. The molecule has 0 aliphatic heterocycles. The SMILES string of the molecule is CC[C@H](C(=O)NC)N(Cc1ccc(C)cc1)C(=O)CN(c1cc(Cl)ccc1OC)S(=O)(=O)c1ccc(C)cc1. The van der Waals surface area contributed by atoms with Crippen molar-refractivity contribution in [3.63, 3.8) is 0 Å². The third kappa shape index (κ3) is 7.10. The number of rotatable bonds is 11. The quantitative estimate of drug-likeness (QED) is 0.359. The molecular weight excluding hydrogens is 538 g/mol. The zero-order valence-electron chi connectivity index (χ0n) is 22.8. The molecule has 0 heterocycles. The fourth-order valence-electron chi connectivity index (χ4n) is 4.19. The van der Waals surface area contributed by atoms with Crippen molar-refractivity contribution in [1.82, 2.24) is 10.2 Å². The molecule has 8 nitrogen and oxygen atoms in total. The Morgan fingerprint density at radius 2 is 1.56 bits per heavy atom. The van der Waals surface area contributed by atoms with Crippen LogP contribution < -0.4 is 14.4 Å². The van der Waals surface area contributed by atoms with Gasteiger partial charge in [-0.3, -0.25) is 13.9 Å². The highest BCUT2D eigenvalue weighted by molar-refractivity contribution is 7.92. The minimum Gasteiger partial charge on any atom is -0.495 e. The first-order valence-electron chi connectivity index (χ1n) is 12.5. The van der Waals surface area contributed by atoms with Crippen LogP contribution in [0, 0.1) is 13.8 Å². The Morgan fingerprint density at radius 3 is 2.10 bits per heavy atom. The molecule has 0 aliphatic rings. The first kappa shape index (κ1) is 30.0. The van der Waals surface area contributed by atoms with Crippen molar-refractivity contribution in [2.24, 2.45) is 0 Å². The summed E-state index contributed by atoms with van der Waals surface area (Å²) in [5, 5.41) is 2.89. The van der Waals surface area contributed by atoms with Crippen molar-refractivity contribution in [3.05, 3.63) is 88.4 Å². The molecule has 3 aromatic carbocycles. The molecule has 1 N–H and O–H groups in total. The minimum atomic E-state index is -4.24. The summed E-state index contributed by atoms with van der Waals surface area (Å²) in [7, 11) is -1.32. The lowest BCUT2D eigenvalue weighted by Gasteiger charge is -2.33. The number of methoxy groups -OCH3 is 1. The van der Waals surface area contributed by atoms with Gasteiger partial charge in [0.2, 0.25) is 11.8 Å². The van der Waals surface area contributed by atoms with Crippen LogP contribution in [0.15, 0.2) is 71.6 Å². The van der Waals surface area contributed by atoms with E-state index in [9.17, 15) is 18.0 Å². The van der Waals surface area contributed by atoms with Crippen molar-refractivity contribution in [2.45, 2.75) is 44.7 Å². The van der Waals surface area contributed by atoms with Gasteiger partial charge >= 0.3 is 0 Å². The van der Waals surface area contributed by atoms with Gasteiger partial charge in [0, 0.05) is 18.6 Å². The van der Waals surface area contributed by atoms with Crippen LogP contribution in [0.2, 0.25) is 5.02 Å². The van der Waals surface area contributed by atoms with Gasteiger partial charge < -0.3 is 15.0 Å². The molecule has 10 heteroatoms. The van der Waals surface area contributed by atoms with E-state index in [1.807, 2.05) is 38.1 Å². The molecule has 39 heavy (non-hydrogen) atoms. The van der Waals surface area contributed by atoms with Gasteiger partial charge in [-0.25, -0.2) is 8.42 Å². The average molecular weight is 572 g/mol. The molecule has 0 saturated heterocycles. The van der Waals surface area contributed by atoms with E-state index < -0.39 is 28.5 Å². The smallest absolute Gasteiger partial charge is 0.264 e. The van der Waals surface area contributed by atoms with Gasteiger partial charge in [0.05, 0.1) is 17.7 Å². The summed E-state index contributed by atoms with van der Waals surface area (Å²) in [5.41, 5.74) is 2.86. The number of sulfonamides is 1. The molecule has 0 bridgehead atoms. The maximum Gasteiger partial charge on any atom is 0.264 e. The van der Waals surface area contributed by atoms with E-state index in [4.69, 9.17) is 16.3 Å². The number of carbonyl (C=O) groups is 2. The summed E-state index contributed by atoms with van der Waals surface area (Å²) in [6, 6.07) is 17.7. The Hall–Kier alpha value is -3.56. The van der Waals surface area contributed by atoms with E-state index in [2.05, 4.69) is 5.32 Å². The zero-order valence-corrected chi connectivity index (χ0v) is 24.3. The standard InChI is InChI=1S/C29H34ClN3O5S/c1-6-25(29(35)31-4)32(18-22-11-7-20(2)8-12-22)28(34)19-33(26-17-23(30)13-16-27(26)38-5)39(36,37)24-14-9-21(3)10-15-24/h7-17,25H,6,18-19H2,1-5H3,(H,31,35)/t25-/m1/s1.